The van der Waals surface area contributed by atoms with E-state index in [0.717, 1.165) is 17.7 Å². The maximum absolute atomic E-state index is 12.8. The van der Waals surface area contributed by atoms with Crippen molar-refractivity contribution in [3.05, 3.63) is 58.9 Å². The van der Waals surface area contributed by atoms with Crippen molar-refractivity contribution in [1.29, 1.82) is 0 Å². The molecule has 0 fully saturated rings. The molecule has 2 aromatic heterocycles. The minimum Gasteiger partial charge on any atom is -0.344 e. The number of carbonyl (C=O) groups is 1. The van der Waals surface area contributed by atoms with Gasteiger partial charge in [-0.25, -0.2) is 4.98 Å². The third-order valence-electron chi connectivity index (χ3n) is 3.75. The number of nitrogens with one attached hydrogen (secondary N) is 1. The zero-order valence-electron chi connectivity index (χ0n) is 13.9. The van der Waals surface area contributed by atoms with Gasteiger partial charge in [-0.1, -0.05) is 12.1 Å². The summed E-state index contributed by atoms with van der Waals surface area (Å²) >= 11 is 1.30. The molecule has 0 saturated carbocycles. The van der Waals surface area contributed by atoms with Gasteiger partial charge in [-0.3, -0.25) is 9.48 Å². The maximum Gasteiger partial charge on any atom is 0.416 e. The highest BCUT2D eigenvalue weighted by atomic mass is 32.1. The SMILES string of the molecule is C[C@@H](NC(=O)c1csc(-c2cnn(C)c2)n1)c1cccc(C(F)(F)F)c1. The average molecular weight is 380 g/mol. The monoisotopic (exact) mass is 380 g/mol. The van der Waals surface area contributed by atoms with Crippen LogP contribution >= 0.6 is 11.3 Å². The first kappa shape index (κ1) is 18.1. The molecule has 0 unspecified atom stereocenters. The van der Waals surface area contributed by atoms with Crippen LogP contribution in [-0.4, -0.2) is 20.7 Å². The molecule has 0 saturated heterocycles. The molecule has 26 heavy (non-hydrogen) atoms. The first-order chi connectivity index (χ1) is 12.2. The Labute approximate surface area is 151 Å². The summed E-state index contributed by atoms with van der Waals surface area (Å²) in [4.78, 5) is 16.6. The van der Waals surface area contributed by atoms with Crippen LogP contribution in [0.4, 0.5) is 13.2 Å². The van der Waals surface area contributed by atoms with Gasteiger partial charge >= 0.3 is 6.18 Å². The lowest BCUT2D eigenvalue weighted by Crippen LogP contribution is -2.27. The van der Waals surface area contributed by atoms with Crippen LogP contribution in [0.25, 0.3) is 10.6 Å². The molecule has 9 heteroatoms. The number of thiazole rings is 1. The van der Waals surface area contributed by atoms with Gasteiger partial charge in [-0.15, -0.1) is 11.3 Å². The van der Waals surface area contributed by atoms with Gasteiger partial charge in [0, 0.05) is 24.2 Å². The summed E-state index contributed by atoms with van der Waals surface area (Å²) in [6, 6.07) is 4.31. The maximum atomic E-state index is 12.8. The Bertz CT molecular complexity index is 932. The van der Waals surface area contributed by atoms with E-state index >= 15 is 0 Å². The van der Waals surface area contributed by atoms with Crippen LogP contribution in [-0.2, 0) is 13.2 Å². The number of nitrogens with zero attached hydrogens (tertiary/aromatic N) is 3. The number of halogens is 3. The van der Waals surface area contributed by atoms with Gasteiger partial charge in [-0.2, -0.15) is 18.3 Å². The van der Waals surface area contributed by atoms with E-state index in [1.165, 1.54) is 17.4 Å². The zero-order chi connectivity index (χ0) is 18.9. The fraction of sp³-hybridized carbons (Fsp3) is 0.235. The Morgan fingerprint density at radius 2 is 2.12 bits per heavy atom. The third kappa shape index (κ3) is 3.93. The highest BCUT2D eigenvalue weighted by Crippen LogP contribution is 2.31. The van der Waals surface area contributed by atoms with Crippen LogP contribution in [0.3, 0.4) is 0 Å². The van der Waals surface area contributed by atoms with Crippen molar-refractivity contribution in [1.82, 2.24) is 20.1 Å². The number of aromatic nitrogens is 3. The summed E-state index contributed by atoms with van der Waals surface area (Å²) in [5, 5.41) is 8.99. The number of aryl methyl sites for hydroxylation is 1. The molecule has 0 aliphatic heterocycles. The molecule has 0 spiro atoms. The van der Waals surface area contributed by atoms with Crippen LogP contribution in [0.5, 0.6) is 0 Å². The first-order valence-electron chi connectivity index (χ1n) is 7.66. The molecule has 5 nitrogen and oxygen atoms in total. The third-order valence-corrected chi connectivity index (χ3v) is 4.64. The van der Waals surface area contributed by atoms with E-state index in [0.29, 0.717) is 10.6 Å². The number of benzene rings is 1. The van der Waals surface area contributed by atoms with Crippen LogP contribution in [0.1, 0.15) is 34.6 Å². The van der Waals surface area contributed by atoms with Crippen molar-refractivity contribution in [2.45, 2.75) is 19.1 Å². The van der Waals surface area contributed by atoms with Crippen LogP contribution in [0.15, 0.2) is 42.0 Å². The Hall–Kier alpha value is -2.68. The van der Waals surface area contributed by atoms with E-state index < -0.39 is 23.7 Å². The van der Waals surface area contributed by atoms with Gasteiger partial charge in [0.05, 0.1) is 17.8 Å². The number of hydrogen-bond acceptors (Lipinski definition) is 4. The van der Waals surface area contributed by atoms with Gasteiger partial charge in [0.2, 0.25) is 0 Å². The Kier molecular flexibility index (Phi) is 4.82. The molecule has 0 aliphatic rings. The standard InChI is InChI=1S/C17H15F3N4OS/c1-10(11-4-3-5-13(6-11)17(18,19)20)22-15(25)14-9-26-16(23-14)12-7-21-24(2)8-12/h3-10H,1-2H3,(H,22,25)/t10-/m1/s1. The molecule has 2 heterocycles. The predicted molar refractivity (Wildman–Crippen MR) is 91.6 cm³/mol. The van der Waals surface area contributed by atoms with Crippen molar-refractivity contribution in [2.24, 2.45) is 7.05 Å². The minimum absolute atomic E-state index is 0.215. The Morgan fingerprint density at radius 3 is 2.77 bits per heavy atom. The summed E-state index contributed by atoms with van der Waals surface area (Å²) in [6.45, 7) is 1.63. The molecule has 0 bridgehead atoms. The lowest BCUT2D eigenvalue weighted by atomic mass is 10.0. The van der Waals surface area contributed by atoms with Crippen molar-refractivity contribution in [2.75, 3.05) is 0 Å². The van der Waals surface area contributed by atoms with E-state index in [-0.39, 0.29) is 5.69 Å². The summed E-state index contributed by atoms with van der Waals surface area (Å²) in [6.07, 6.45) is -0.995. The quantitative estimate of drug-likeness (QED) is 0.743. The van der Waals surface area contributed by atoms with Crippen molar-refractivity contribution >= 4 is 17.2 Å². The van der Waals surface area contributed by atoms with E-state index in [4.69, 9.17) is 0 Å². The molecule has 1 aromatic carbocycles. The summed E-state index contributed by atoms with van der Waals surface area (Å²) in [5.74, 6) is -0.443. The van der Waals surface area contributed by atoms with Gasteiger partial charge in [-0.05, 0) is 24.6 Å². The Balaban J connectivity index is 1.73. The van der Waals surface area contributed by atoms with Crippen molar-refractivity contribution < 1.29 is 18.0 Å². The molecule has 0 aliphatic carbocycles. The van der Waals surface area contributed by atoms with Gasteiger partial charge in [0.15, 0.2) is 0 Å². The zero-order valence-corrected chi connectivity index (χ0v) is 14.7. The lowest BCUT2D eigenvalue weighted by Gasteiger charge is -2.15. The number of hydrogen-bond donors (Lipinski definition) is 1. The second-order valence-electron chi connectivity index (χ2n) is 5.76. The molecule has 3 aromatic rings. The molecular formula is C17H15F3N4OS. The fourth-order valence-corrected chi connectivity index (χ4v) is 3.16. The highest BCUT2D eigenvalue weighted by Gasteiger charge is 2.30. The van der Waals surface area contributed by atoms with Crippen LogP contribution < -0.4 is 5.32 Å². The minimum atomic E-state index is -4.42. The molecule has 3 rings (SSSR count). The average Bonchev–Trinajstić information content (AvgIpc) is 3.23. The largest absolute Gasteiger partial charge is 0.416 e. The van der Waals surface area contributed by atoms with E-state index in [9.17, 15) is 18.0 Å². The number of rotatable bonds is 4. The molecule has 1 N–H and O–H groups in total. The number of alkyl halides is 3. The van der Waals surface area contributed by atoms with Gasteiger partial charge < -0.3 is 5.32 Å². The smallest absolute Gasteiger partial charge is 0.344 e. The van der Waals surface area contributed by atoms with Crippen molar-refractivity contribution in [3.8, 4) is 10.6 Å². The van der Waals surface area contributed by atoms with E-state index in [2.05, 4.69) is 15.4 Å². The fourth-order valence-electron chi connectivity index (χ4n) is 2.38. The van der Waals surface area contributed by atoms with E-state index in [1.54, 1.807) is 42.5 Å². The predicted octanol–water partition coefficient (Wildman–Crippen LogP) is 4.05. The topological polar surface area (TPSA) is 59.8 Å². The molecule has 136 valence electrons. The second-order valence-corrected chi connectivity index (χ2v) is 6.62. The molecular weight excluding hydrogens is 365 g/mol. The van der Waals surface area contributed by atoms with E-state index in [1.807, 2.05) is 0 Å². The lowest BCUT2D eigenvalue weighted by molar-refractivity contribution is -0.137. The number of carbonyl (C=O) groups excluding carboxylic acids is 1. The molecule has 1 atom stereocenters. The molecule has 1 amide bonds. The van der Waals surface area contributed by atoms with Crippen LogP contribution in [0, 0.1) is 0 Å². The van der Waals surface area contributed by atoms with Gasteiger partial charge in [0.25, 0.3) is 5.91 Å². The number of amides is 1. The normalized spacial score (nSPS) is 12.8. The summed E-state index contributed by atoms with van der Waals surface area (Å²) < 4.78 is 40.1. The van der Waals surface area contributed by atoms with Crippen molar-refractivity contribution in [3.63, 3.8) is 0 Å². The second kappa shape index (κ2) is 6.91. The summed E-state index contributed by atoms with van der Waals surface area (Å²) in [5.41, 5.74) is 0.634. The Morgan fingerprint density at radius 1 is 1.35 bits per heavy atom. The first-order valence-corrected chi connectivity index (χ1v) is 8.54. The van der Waals surface area contributed by atoms with Gasteiger partial charge in [0.1, 0.15) is 10.7 Å². The molecule has 0 radical (unpaired) electrons. The van der Waals surface area contributed by atoms with Crippen LogP contribution in [0.2, 0.25) is 0 Å². The highest BCUT2D eigenvalue weighted by molar-refractivity contribution is 7.13. The summed E-state index contributed by atoms with van der Waals surface area (Å²) in [7, 11) is 1.78.